The second-order valence-electron chi connectivity index (χ2n) is 4.53. The van der Waals surface area contributed by atoms with Gasteiger partial charge >= 0.3 is 11.7 Å². The van der Waals surface area contributed by atoms with Crippen LogP contribution in [0, 0.1) is 27.7 Å². The molecule has 0 fully saturated rings. The maximum Gasteiger partial charge on any atom is 0.341 e. The van der Waals surface area contributed by atoms with Gasteiger partial charge in [0.25, 0.3) is 0 Å². The van der Waals surface area contributed by atoms with Crippen molar-refractivity contribution in [1.82, 2.24) is 0 Å². The van der Waals surface area contributed by atoms with E-state index in [0.29, 0.717) is 12.1 Å². The van der Waals surface area contributed by atoms with Crippen LogP contribution in [0.3, 0.4) is 0 Å². The lowest BCUT2D eigenvalue weighted by Crippen LogP contribution is -2.14. The molecule has 7 heteroatoms. The molecule has 1 unspecified atom stereocenters. The fraction of sp³-hybridized carbons (Fsp3) is 0.462. The fourth-order valence-electron chi connectivity index (χ4n) is 1.70. The summed E-state index contributed by atoms with van der Waals surface area (Å²) in [5.41, 5.74) is -1.66. The lowest BCUT2D eigenvalue weighted by atomic mass is 10.1. The van der Waals surface area contributed by atoms with Crippen LogP contribution in [0.4, 0.5) is 14.5 Å². The lowest BCUT2D eigenvalue weighted by Gasteiger charge is -2.11. The van der Waals surface area contributed by atoms with Crippen LogP contribution >= 0.6 is 0 Å². The Hall–Kier alpha value is -2.05. The zero-order chi connectivity index (χ0) is 15.3. The van der Waals surface area contributed by atoms with E-state index in [1.54, 1.807) is 0 Å². The molecule has 5 nitrogen and oxygen atoms in total. The van der Waals surface area contributed by atoms with E-state index < -0.39 is 33.8 Å². The SMILES string of the molecule is CCCC(C)COC(=O)c1cc(F)c([N+](=O)[O-])cc1F. The van der Waals surface area contributed by atoms with Crippen LogP contribution in [0.25, 0.3) is 0 Å². The van der Waals surface area contributed by atoms with Crippen molar-refractivity contribution in [1.29, 1.82) is 0 Å². The van der Waals surface area contributed by atoms with Gasteiger partial charge in [0.2, 0.25) is 5.82 Å². The Morgan fingerprint density at radius 2 is 2.05 bits per heavy atom. The average Bonchev–Trinajstić information content (AvgIpc) is 2.38. The summed E-state index contributed by atoms with van der Waals surface area (Å²) in [7, 11) is 0. The smallest absolute Gasteiger partial charge is 0.341 e. The zero-order valence-electron chi connectivity index (χ0n) is 11.2. The predicted octanol–water partition coefficient (Wildman–Crippen LogP) is 3.47. The minimum absolute atomic E-state index is 0.0880. The van der Waals surface area contributed by atoms with E-state index in [-0.39, 0.29) is 12.5 Å². The first-order valence-electron chi connectivity index (χ1n) is 6.17. The summed E-state index contributed by atoms with van der Waals surface area (Å²) in [4.78, 5) is 21.0. The molecular formula is C13H15F2NO4. The number of hydrogen-bond donors (Lipinski definition) is 0. The van der Waals surface area contributed by atoms with E-state index in [1.165, 1.54) is 0 Å². The maximum atomic E-state index is 13.5. The summed E-state index contributed by atoms with van der Waals surface area (Å²) in [5, 5.41) is 10.4. The molecule has 0 aromatic heterocycles. The highest BCUT2D eigenvalue weighted by Gasteiger charge is 2.23. The molecule has 1 aromatic carbocycles. The topological polar surface area (TPSA) is 69.4 Å². The van der Waals surface area contributed by atoms with E-state index >= 15 is 0 Å². The summed E-state index contributed by atoms with van der Waals surface area (Å²) in [5.74, 6) is -3.37. The number of carbonyl (C=O) groups excluding carboxylic acids is 1. The van der Waals surface area contributed by atoms with E-state index in [2.05, 4.69) is 0 Å². The van der Waals surface area contributed by atoms with Crippen LogP contribution in [0.2, 0.25) is 0 Å². The third-order valence-corrected chi connectivity index (χ3v) is 2.73. The first-order valence-corrected chi connectivity index (χ1v) is 6.17. The van der Waals surface area contributed by atoms with Crippen LogP contribution in [0.5, 0.6) is 0 Å². The Labute approximate surface area is 114 Å². The first kappa shape index (κ1) is 16.0. The number of rotatable bonds is 6. The van der Waals surface area contributed by atoms with E-state index in [0.717, 1.165) is 12.8 Å². The molecule has 0 bridgehead atoms. The Balaban J connectivity index is 2.84. The van der Waals surface area contributed by atoms with Gasteiger partial charge in [-0.25, -0.2) is 9.18 Å². The Bertz CT molecular complexity index is 519. The van der Waals surface area contributed by atoms with E-state index in [9.17, 15) is 23.7 Å². The lowest BCUT2D eigenvalue weighted by molar-refractivity contribution is -0.387. The highest BCUT2D eigenvalue weighted by Crippen LogP contribution is 2.22. The van der Waals surface area contributed by atoms with Crippen molar-refractivity contribution in [2.45, 2.75) is 26.7 Å². The number of carbonyl (C=O) groups is 1. The van der Waals surface area contributed by atoms with Crippen LogP contribution in [0.15, 0.2) is 12.1 Å². The fourth-order valence-corrected chi connectivity index (χ4v) is 1.70. The van der Waals surface area contributed by atoms with Crippen molar-refractivity contribution in [3.05, 3.63) is 39.4 Å². The van der Waals surface area contributed by atoms with Crippen molar-refractivity contribution < 1.29 is 23.2 Å². The molecule has 0 radical (unpaired) electrons. The van der Waals surface area contributed by atoms with Gasteiger partial charge in [0.15, 0.2) is 0 Å². The second-order valence-corrected chi connectivity index (χ2v) is 4.53. The predicted molar refractivity (Wildman–Crippen MR) is 67.4 cm³/mol. The normalized spacial score (nSPS) is 12.0. The summed E-state index contributed by atoms with van der Waals surface area (Å²) >= 11 is 0. The number of nitrogens with zero attached hydrogens (tertiary/aromatic N) is 1. The molecule has 0 amide bonds. The number of benzene rings is 1. The number of ether oxygens (including phenoxy) is 1. The molecule has 1 atom stereocenters. The third kappa shape index (κ3) is 3.97. The monoisotopic (exact) mass is 287 g/mol. The molecule has 20 heavy (non-hydrogen) atoms. The summed E-state index contributed by atoms with van der Waals surface area (Å²) in [6.45, 7) is 3.93. The van der Waals surface area contributed by atoms with Gasteiger partial charge in [0.05, 0.1) is 23.2 Å². The van der Waals surface area contributed by atoms with Crippen LogP contribution in [0.1, 0.15) is 37.0 Å². The quantitative estimate of drug-likeness (QED) is 0.456. The van der Waals surface area contributed by atoms with Crippen molar-refractivity contribution in [3.63, 3.8) is 0 Å². The van der Waals surface area contributed by atoms with Crippen molar-refractivity contribution in [2.24, 2.45) is 5.92 Å². The standard InChI is InChI=1S/C13H15F2NO4/c1-3-4-8(2)7-20-13(17)9-5-11(15)12(16(18)19)6-10(9)14/h5-6,8H,3-4,7H2,1-2H3. The van der Waals surface area contributed by atoms with Gasteiger partial charge < -0.3 is 4.74 Å². The highest BCUT2D eigenvalue weighted by atomic mass is 19.1. The largest absolute Gasteiger partial charge is 0.462 e. The molecule has 110 valence electrons. The number of nitro groups is 1. The van der Waals surface area contributed by atoms with E-state index in [1.807, 2.05) is 13.8 Å². The number of nitro benzene ring substituents is 1. The maximum absolute atomic E-state index is 13.5. The minimum Gasteiger partial charge on any atom is -0.462 e. The summed E-state index contributed by atoms with van der Waals surface area (Å²) in [6, 6.07) is 0.863. The summed E-state index contributed by atoms with van der Waals surface area (Å²) in [6.07, 6.45) is 1.75. The average molecular weight is 287 g/mol. The van der Waals surface area contributed by atoms with Gasteiger partial charge in [-0.05, 0) is 18.4 Å². The van der Waals surface area contributed by atoms with Crippen molar-refractivity contribution in [2.75, 3.05) is 6.61 Å². The van der Waals surface area contributed by atoms with Crippen LogP contribution in [-0.4, -0.2) is 17.5 Å². The molecule has 1 rings (SSSR count). The van der Waals surface area contributed by atoms with Gasteiger partial charge in [-0.1, -0.05) is 20.3 Å². The first-order chi connectivity index (χ1) is 9.36. The molecule has 0 saturated heterocycles. The Morgan fingerprint density at radius 1 is 1.40 bits per heavy atom. The zero-order valence-corrected chi connectivity index (χ0v) is 11.2. The number of hydrogen-bond acceptors (Lipinski definition) is 4. The molecule has 0 spiro atoms. The molecule has 0 aliphatic heterocycles. The van der Waals surface area contributed by atoms with Crippen molar-refractivity contribution in [3.8, 4) is 0 Å². The number of esters is 1. The van der Waals surface area contributed by atoms with E-state index in [4.69, 9.17) is 4.74 Å². The molecule has 0 heterocycles. The molecule has 0 saturated carbocycles. The second kappa shape index (κ2) is 6.93. The molecule has 1 aromatic rings. The van der Waals surface area contributed by atoms with Crippen LogP contribution in [-0.2, 0) is 4.74 Å². The Morgan fingerprint density at radius 3 is 2.60 bits per heavy atom. The third-order valence-electron chi connectivity index (χ3n) is 2.73. The molecule has 0 N–H and O–H groups in total. The summed E-state index contributed by atoms with van der Waals surface area (Å²) < 4.78 is 31.7. The highest BCUT2D eigenvalue weighted by molar-refractivity contribution is 5.90. The Kier molecular flexibility index (Phi) is 5.54. The van der Waals surface area contributed by atoms with Gasteiger partial charge in [0.1, 0.15) is 5.82 Å². The van der Waals surface area contributed by atoms with Gasteiger partial charge in [0, 0.05) is 0 Å². The van der Waals surface area contributed by atoms with Crippen molar-refractivity contribution >= 4 is 11.7 Å². The number of halogens is 2. The molecular weight excluding hydrogens is 272 g/mol. The van der Waals surface area contributed by atoms with Gasteiger partial charge in [-0.3, -0.25) is 10.1 Å². The molecule has 0 aliphatic carbocycles. The van der Waals surface area contributed by atoms with Gasteiger partial charge in [-0.15, -0.1) is 0 Å². The molecule has 0 aliphatic rings. The van der Waals surface area contributed by atoms with Crippen LogP contribution < -0.4 is 0 Å². The van der Waals surface area contributed by atoms with Gasteiger partial charge in [-0.2, -0.15) is 4.39 Å². The minimum atomic E-state index is -1.27.